The average Bonchev–Trinajstić information content (AvgIpc) is 2.49. The van der Waals surface area contributed by atoms with Crippen molar-refractivity contribution in [2.45, 2.75) is 45.1 Å². The molecule has 5 heteroatoms. The first-order chi connectivity index (χ1) is 10.1. The molecule has 0 heterocycles. The number of nitrogen functional groups attached to an aromatic ring is 1. The van der Waals surface area contributed by atoms with Crippen LogP contribution in [0.4, 0.5) is 11.4 Å². The fraction of sp³-hybridized carbons (Fsp3) is 0.562. The fourth-order valence-corrected chi connectivity index (χ4v) is 3.07. The minimum Gasteiger partial charge on any atom is -0.397 e. The van der Waals surface area contributed by atoms with Gasteiger partial charge < -0.3 is 11.1 Å². The van der Waals surface area contributed by atoms with Crippen molar-refractivity contribution >= 4 is 28.9 Å². The first-order valence-corrected chi connectivity index (χ1v) is 8.07. The van der Waals surface area contributed by atoms with Gasteiger partial charge >= 0.3 is 0 Å². The van der Waals surface area contributed by atoms with Crippen LogP contribution in [0.25, 0.3) is 0 Å². The van der Waals surface area contributed by atoms with Crippen molar-refractivity contribution in [1.82, 2.24) is 4.90 Å². The van der Waals surface area contributed by atoms with Crippen molar-refractivity contribution in [1.29, 1.82) is 0 Å². The van der Waals surface area contributed by atoms with Gasteiger partial charge in [0.05, 0.1) is 17.3 Å². The topological polar surface area (TPSA) is 58.4 Å². The molecule has 1 saturated carbocycles. The van der Waals surface area contributed by atoms with E-state index in [4.69, 9.17) is 17.3 Å². The molecule has 1 aliphatic rings. The number of hydrogen-bond acceptors (Lipinski definition) is 3. The van der Waals surface area contributed by atoms with Gasteiger partial charge in [-0.2, -0.15) is 0 Å². The Morgan fingerprint density at radius 3 is 2.71 bits per heavy atom. The molecular formula is C16H24ClN3O. The molecule has 116 valence electrons. The van der Waals surface area contributed by atoms with Crippen LogP contribution in [0.2, 0.25) is 5.02 Å². The van der Waals surface area contributed by atoms with Crippen LogP contribution in [0.15, 0.2) is 18.2 Å². The summed E-state index contributed by atoms with van der Waals surface area (Å²) in [4.78, 5) is 14.5. The standard InChI is InChI=1S/C16H24ClN3O/c1-2-20(13-6-4-3-5-7-13)11-16(21)19-12-8-9-14(17)15(18)10-12/h8-10,13H,2-7,11,18H2,1H3,(H,19,21). The van der Waals surface area contributed by atoms with Crippen molar-refractivity contribution in [2.24, 2.45) is 0 Å². The monoisotopic (exact) mass is 309 g/mol. The van der Waals surface area contributed by atoms with Crippen molar-refractivity contribution in [3.63, 3.8) is 0 Å². The normalized spacial score (nSPS) is 16.1. The lowest BCUT2D eigenvalue weighted by Crippen LogP contribution is -2.41. The van der Waals surface area contributed by atoms with Gasteiger partial charge in [-0.15, -0.1) is 0 Å². The van der Waals surface area contributed by atoms with E-state index in [1.807, 2.05) is 0 Å². The predicted molar refractivity (Wildman–Crippen MR) is 88.6 cm³/mol. The maximum absolute atomic E-state index is 12.2. The van der Waals surface area contributed by atoms with Crippen LogP contribution in [-0.2, 0) is 4.79 Å². The molecule has 21 heavy (non-hydrogen) atoms. The molecule has 0 spiro atoms. The number of rotatable bonds is 5. The summed E-state index contributed by atoms with van der Waals surface area (Å²) in [6, 6.07) is 5.71. The van der Waals surface area contributed by atoms with E-state index in [2.05, 4.69) is 17.1 Å². The van der Waals surface area contributed by atoms with Crippen molar-refractivity contribution in [3.05, 3.63) is 23.2 Å². The molecule has 1 amide bonds. The van der Waals surface area contributed by atoms with Crippen LogP contribution in [0, 0.1) is 0 Å². The number of amides is 1. The Labute approximate surface area is 131 Å². The lowest BCUT2D eigenvalue weighted by atomic mass is 9.94. The molecule has 4 nitrogen and oxygen atoms in total. The minimum atomic E-state index is 0.00384. The summed E-state index contributed by atoms with van der Waals surface area (Å²) in [6.07, 6.45) is 6.28. The van der Waals surface area contributed by atoms with E-state index in [0.717, 1.165) is 6.54 Å². The maximum atomic E-state index is 12.2. The molecule has 1 aliphatic carbocycles. The number of likely N-dealkylation sites (N-methyl/N-ethyl adjacent to an activating group) is 1. The Balaban J connectivity index is 1.91. The molecular weight excluding hydrogens is 286 g/mol. The number of halogens is 1. The average molecular weight is 310 g/mol. The summed E-state index contributed by atoms with van der Waals surface area (Å²) in [7, 11) is 0. The Kier molecular flexibility index (Phi) is 5.88. The second kappa shape index (κ2) is 7.66. The largest absolute Gasteiger partial charge is 0.397 e. The van der Waals surface area contributed by atoms with E-state index in [9.17, 15) is 4.79 Å². The highest BCUT2D eigenvalue weighted by Crippen LogP contribution is 2.24. The highest BCUT2D eigenvalue weighted by Gasteiger charge is 2.21. The Hall–Kier alpha value is -1.26. The van der Waals surface area contributed by atoms with E-state index >= 15 is 0 Å². The summed E-state index contributed by atoms with van der Waals surface area (Å²) in [5, 5.41) is 3.40. The van der Waals surface area contributed by atoms with Gasteiger partial charge in [0.1, 0.15) is 0 Å². The lowest BCUT2D eigenvalue weighted by molar-refractivity contribution is -0.118. The third-order valence-electron chi connectivity index (χ3n) is 4.12. The van der Waals surface area contributed by atoms with Gasteiger partial charge in [-0.25, -0.2) is 0 Å². The molecule has 0 atom stereocenters. The first kappa shape index (κ1) is 16.1. The Bertz CT molecular complexity index is 486. The highest BCUT2D eigenvalue weighted by atomic mass is 35.5. The van der Waals surface area contributed by atoms with E-state index in [1.165, 1.54) is 32.1 Å². The van der Waals surface area contributed by atoms with Gasteiger partial charge in [0, 0.05) is 11.7 Å². The van der Waals surface area contributed by atoms with E-state index < -0.39 is 0 Å². The van der Waals surface area contributed by atoms with Gasteiger partial charge in [-0.3, -0.25) is 9.69 Å². The van der Waals surface area contributed by atoms with Gasteiger partial charge in [0.2, 0.25) is 5.91 Å². The van der Waals surface area contributed by atoms with Gasteiger partial charge in [-0.1, -0.05) is 37.8 Å². The second-order valence-corrected chi connectivity index (χ2v) is 6.05. The molecule has 0 unspecified atom stereocenters. The Morgan fingerprint density at radius 1 is 1.38 bits per heavy atom. The van der Waals surface area contributed by atoms with Crippen LogP contribution >= 0.6 is 11.6 Å². The third-order valence-corrected chi connectivity index (χ3v) is 4.47. The summed E-state index contributed by atoms with van der Waals surface area (Å²) in [5.41, 5.74) is 6.92. The number of nitrogens with two attached hydrogens (primary N) is 1. The SMILES string of the molecule is CCN(CC(=O)Nc1ccc(Cl)c(N)c1)C1CCCCC1. The zero-order valence-corrected chi connectivity index (χ0v) is 13.3. The zero-order chi connectivity index (χ0) is 15.2. The van der Waals surface area contributed by atoms with Gasteiger partial charge in [0.25, 0.3) is 0 Å². The summed E-state index contributed by atoms with van der Waals surface area (Å²) in [6.45, 7) is 3.45. The predicted octanol–water partition coefficient (Wildman–Crippen LogP) is 3.52. The number of carbonyl (C=O) groups excluding carboxylic acids is 1. The summed E-state index contributed by atoms with van der Waals surface area (Å²) >= 11 is 5.88. The molecule has 0 bridgehead atoms. The molecule has 3 N–H and O–H groups in total. The molecule has 0 saturated heterocycles. The number of nitrogens with zero attached hydrogens (tertiary/aromatic N) is 1. The van der Waals surface area contributed by atoms with Gasteiger partial charge in [0.15, 0.2) is 0 Å². The fourth-order valence-electron chi connectivity index (χ4n) is 2.95. The first-order valence-electron chi connectivity index (χ1n) is 7.69. The quantitative estimate of drug-likeness (QED) is 0.818. The number of benzene rings is 1. The lowest BCUT2D eigenvalue weighted by Gasteiger charge is -2.32. The maximum Gasteiger partial charge on any atom is 0.238 e. The second-order valence-electron chi connectivity index (χ2n) is 5.64. The van der Waals surface area contributed by atoms with Crippen molar-refractivity contribution < 1.29 is 4.79 Å². The van der Waals surface area contributed by atoms with E-state index in [1.54, 1.807) is 18.2 Å². The Morgan fingerprint density at radius 2 is 2.10 bits per heavy atom. The van der Waals surface area contributed by atoms with Crippen LogP contribution in [0.3, 0.4) is 0 Å². The van der Waals surface area contributed by atoms with Crippen LogP contribution < -0.4 is 11.1 Å². The van der Waals surface area contributed by atoms with Crippen molar-refractivity contribution in [3.8, 4) is 0 Å². The van der Waals surface area contributed by atoms with Crippen LogP contribution in [-0.4, -0.2) is 29.9 Å². The number of nitrogens with one attached hydrogen (secondary N) is 1. The number of anilines is 2. The number of hydrogen-bond donors (Lipinski definition) is 2. The van der Waals surface area contributed by atoms with Crippen LogP contribution in [0.5, 0.6) is 0 Å². The molecule has 0 aliphatic heterocycles. The van der Waals surface area contributed by atoms with E-state index in [-0.39, 0.29) is 5.91 Å². The number of carbonyl (C=O) groups is 1. The van der Waals surface area contributed by atoms with E-state index in [0.29, 0.717) is 29.0 Å². The molecule has 0 aromatic heterocycles. The zero-order valence-electron chi connectivity index (χ0n) is 12.6. The molecule has 1 fully saturated rings. The molecule has 2 rings (SSSR count). The molecule has 0 radical (unpaired) electrons. The summed E-state index contributed by atoms with van der Waals surface area (Å²) in [5.74, 6) is 0.00384. The van der Waals surface area contributed by atoms with Crippen LogP contribution in [0.1, 0.15) is 39.0 Å². The minimum absolute atomic E-state index is 0.00384. The molecule has 1 aromatic carbocycles. The third kappa shape index (κ3) is 4.61. The molecule has 1 aromatic rings. The highest BCUT2D eigenvalue weighted by molar-refractivity contribution is 6.33. The van der Waals surface area contributed by atoms with Crippen molar-refractivity contribution in [2.75, 3.05) is 24.1 Å². The summed E-state index contributed by atoms with van der Waals surface area (Å²) < 4.78 is 0. The smallest absolute Gasteiger partial charge is 0.238 e. The van der Waals surface area contributed by atoms with Gasteiger partial charge in [-0.05, 0) is 37.6 Å².